The van der Waals surface area contributed by atoms with E-state index in [1.165, 1.54) is 11.8 Å². The molecule has 2 fully saturated rings. The third-order valence-electron chi connectivity index (χ3n) is 8.07. The van der Waals surface area contributed by atoms with Crippen molar-refractivity contribution in [2.24, 2.45) is 12.5 Å². The van der Waals surface area contributed by atoms with Gasteiger partial charge in [0.1, 0.15) is 22.1 Å². The predicted molar refractivity (Wildman–Crippen MR) is 171 cm³/mol. The third kappa shape index (κ3) is 7.66. The van der Waals surface area contributed by atoms with Crippen LogP contribution in [0.25, 0.3) is 0 Å². The summed E-state index contributed by atoms with van der Waals surface area (Å²) in [4.78, 5) is 39.2. The molecular formula is C32H38ClN7O3S. The molecule has 232 valence electrons. The van der Waals surface area contributed by atoms with Crippen molar-refractivity contribution in [1.29, 1.82) is 0 Å². The van der Waals surface area contributed by atoms with Gasteiger partial charge in [0.15, 0.2) is 0 Å². The maximum absolute atomic E-state index is 12.7. The highest BCUT2D eigenvalue weighted by Gasteiger charge is 2.46. The molecule has 2 aliphatic heterocycles. The number of carbonyl (C=O) groups excluding carboxylic acids is 2. The highest BCUT2D eigenvalue weighted by molar-refractivity contribution is 7.99. The molecule has 1 aromatic carbocycles. The summed E-state index contributed by atoms with van der Waals surface area (Å²) in [6.07, 6.45) is 7.52. The summed E-state index contributed by atoms with van der Waals surface area (Å²) in [6, 6.07) is 7.43. The largest absolute Gasteiger partial charge is 0.444 e. The Bertz CT molecular complexity index is 1570. The second-order valence-electron chi connectivity index (χ2n) is 12.3. The van der Waals surface area contributed by atoms with Crippen LogP contribution in [0.1, 0.15) is 58.2 Å². The molecule has 0 aliphatic carbocycles. The fourth-order valence-corrected chi connectivity index (χ4v) is 6.76. The van der Waals surface area contributed by atoms with E-state index in [9.17, 15) is 9.59 Å². The summed E-state index contributed by atoms with van der Waals surface area (Å²) in [5.74, 6) is 7.00. The van der Waals surface area contributed by atoms with E-state index in [0.29, 0.717) is 23.8 Å². The van der Waals surface area contributed by atoms with Crippen LogP contribution in [0.5, 0.6) is 0 Å². The molecule has 12 heteroatoms. The highest BCUT2D eigenvalue weighted by atomic mass is 35.5. The monoisotopic (exact) mass is 635 g/mol. The molecule has 1 N–H and O–H groups in total. The number of hydrogen-bond acceptors (Lipinski definition) is 8. The average molecular weight is 636 g/mol. The van der Waals surface area contributed by atoms with Gasteiger partial charge in [0.2, 0.25) is 5.91 Å². The zero-order valence-electron chi connectivity index (χ0n) is 25.8. The van der Waals surface area contributed by atoms with Crippen molar-refractivity contribution in [2.45, 2.75) is 68.5 Å². The van der Waals surface area contributed by atoms with Crippen LogP contribution >= 0.6 is 23.4 Å². The molecule has 2 aliphatic rings. The first-order valence-electron chi connectivity index (χ1n) is 14.7. The van der Waals surface area contributed by atoms with Gasteiger partial charge in [-0.1, -0.05) is 35.3 Å². The van der Waals surface area contributed by atoms with Gasteiger partial charge in [-0.15, -0.1) is 0 Å². The number of carbonyl (C=O) groups is 2. The van der Waals surface area contributed by atoms with Crippen molar-refractivity contribution >= 4 is 41.2 Å². The number of aromatic nitrogens is 4. The van der Waals surface area contributed by atoms with E-state index in [-0.39, 0.29) is 17.4 Å². The maximum atomic E-state index is 12.7. The SMILES string of the molecule is CC(=O)N1CCC2(CCN(c3cnc(Sc4cccc(C#Cc5ccn(C)n5)c4Cl)cn3)CC2)C(NC(=O)OC(C)(C)C)C1. The second kappa shape index (κ2) is 13.1. The molecule has 0 bridgehead atoms. The molecule has 1 unspecified atom stereocenters. The van der Waals surface area contributed by atoms with Gasteiger partial charge in [0, 0.05) is 56.8 Å². The fourth-order valence-electron chi connectivity index (χ4n) is 5.69. The predicted octanol–water partition coefficient (Wildman–Crippen LogP) is 5.15. The summed E-state index contributed by atoms with van der Waals surface area (Å²) < 4.78 is 7.27. The number of ether oxygens (including phenoxy) is 1. The number of amides is 2. The minimum absolute atomic E-state index is 0.0203. The van der Waals surface area contributed by atoms with Crippen LogP contribution in [0.2, 0.25) is 5.02 Å². The Balaban J connectivity index is 1.23. The van der Waals surface area contributed by atoms with Gasteiger partial charge in [-0.3, -0.25) is 9.48 Å². The number of anilines is 1. The molecule has 0 radical (unpaired) electrons. The Labute approximate surface area is 267 Å². The van der Waals surface area contributed by atoms with Gasteiger partial charge >= 0.3 is 6.09 Å². The topological polar surface area (TPSA) is 105 Å². The molecule has 4 heterocycles. The Morgan fingerprint density at radius 3 is 2.48 bits per heavy atom. The summed E-state index contributed by atoms with van der Waals surface area (Å²) in [6.45, 7) is 9.84. The number of benzene rings is 1. The minimum atomic E-state index is -0.596. The second-order valence-corrected chi connectivity index (χ2v) is 13.8. The number of hydrogen-bond donors (Lipinski definition) is 1. The Morgan fingerprint density at radius 1 is 1.09 bits per heavy atom. The lowest BCUT2D eigenvalue weighted by molar-refractivity contribution is -0.132. The molecule has 2 aromatic heterocycles. The first-order chi connectivity index (χ1) is 20.9. The number of nitrogens with zero attached hydrogens (tertiary/aromatic N) is 6. The quantitative estimate of drug-likeness (QED) is 0.393. The van der Waals surface area contributed by atoms with Gasteiger partial charge in [0.25, 0.3) is 0 Å². The molecule has 10 nitrogen and oxygen atoms in total. The van der Waals surface area contributed by atoms with Crippen LogP contribution in [0.4, 0.5) is 10.6 Å². The number of piperidine rings is 2. The van der Waals surface area contributed by atoms with E-state index in [1.807, 2.05) is 63.2 Å². The number of likely N-dealkylation sites (tertiary alicyclic amines) is 1. The summed E-state index contributed by atoms with van der Waals surface area (Å²) in [7, 11) is 1.85. The van der Waals surface area contributed by atoms with Crippen molar-refractivity contribution in [2.75, 3.05) is 31.1 Å². The number of aryl methyl sites for hydroxylation is 1. The number of nitrogens with one attached hydrogen (secondary N) is 1. The van der Waals surface area contributed by atoms with E-state index in [2.05, 4.69) is 32.1 Å². The van der Waals surface area contributed by atoms with Gasteiger partial charge in [0.05, 0.1) is 23.5 Å². The lowest BCUT2D eigenvalue weighted by Gasteiger charge is -2.51. The van der Waals surface area contributed by atoms with Gasteiger partial charge < -0.3 is 19.9 Å². The molecule has 1 spiro atoms. The lowest BCUT2D eigenvalue weighted by Crippen LogP contribution is -2.62. The summed E-state index contributed by atoms with van der Waals surface area (Å²) in [5, 5.41) is 8.70. The number of rotatable bonds is 4. The van der Waals surface area contributed by atoms with Crippen LogP contribution in [-0.2, 0) is 16.6 Å². The zero-order valence-corrected chi connectivity index (χ0v) is 27.3. The molecular weight excluding hydrogens is 598 g/mol. The van der Waals surface area contributed by atoms with Crippen LogP contribution < -0.4 is 10.2 Å². The highest BCUT2D eigenvalue weighted by Crippen LogP contribution is 2.42. The first kappa shape index (κ1) is 31.7. The normalized spacial score (nSPS) is 18.0. The summed E-state index contributed by atoms with van der Waals surface area (Å²) >= 11 is 8.14. The van der Waals surface area contributed by atoms with Crippen LogP contribution in [0.15, 0.2) is 52.8 Å². The van der Waals surface area contributed by atoms with E-state index < -0.39 is 11.7 Å². The molecule has 2 amide bonds. The van der Waals surface area contributed by atoms with E-state index >= 15 is 0 Å². The van der Waals surface area contributed by atoms with Crippen LogP contribution in [0.3, 0.4) is 0 Å². The van der Waals surface area contributed by atoms with Crippen molar-refractivity contribution < 1.29 is 14.3 Å². The van der Waals surface area contributed by atoms with Crippen LogP contribution in [0, 0.1) is 17.3 Å². The molecule has 5 rings (SSSR count). The first-order valence-corrected chi connectivity index (χ1v) is 15.9. The van der Waals surface area contributed by atoms with Gasteiger partial charge in [-0.2, -0.15) is 5.10 Å². The Hall–Kier alpha value is -3.75. The average Bonchev–Trinajstić information content (AvgIpc) is 3.39. The van der Waals surface area contributed by atoms with Crippen molar-refractivity contribution in [3.8, 4) is 11.8 Å². The molecule has 3 aromatic rings. The van der Waals surface area contributed by atoms with Gasteiger partial charge in [-0.25, -0.2) is 14.8 Å². The third-order valence-corrected chi connectivity index (χ3v) is 9.57. The number of alkyl carbamates (subject to hydrolysis) is 1. The molecule has 0 saturated carbocycles. The lowest BCUT2D eigenvalue weighted by atomic mass is 9.68. The summed E-state index contributed by atoms with van der Waals surface area (Å²) in [5.41, 5.74) is 0.691. The maximum Gasteiger partial charge on any atom is 0.407 e. The van der Waals surface area contributed by atoms with Crippen molar-refractivity contribution in [3.05, 3.63) is 59.1 Å². The Kier molecular flexibility index (Phi) is 9.42. The van der Waals surface area contributed by atoms with Crippen molar-refractivity contribution in [1.82, 2.24) is 30.0 Å². The zero-order chi connectivity index (χ0) is 31.5. The van der Waals surface area contributed by atoms with Gasteiger partial charge in [-0.05, 0) is 69.6 Å². The molecule has 1 atom stereocenters. The number of halogens is 1. The standard InChI is InChI=1S/C32H38ClN7O3S/c1-22(41)40-18-14-32(26(21-40)36-30(42)43-31(2,3)4)12-16-39(17-13-32)27-19-35-28(20-34-27)44-25-8-6-7-23(29(25)33)9-10-24-11-15-38(5)37-24/h6-8,11,15,19-20,26H,12-14,16-18,21H2,1-5H3,(H,36,42). The fraction of sp³-hybridized carbons (Fsp3) is 0.469. The smallest absolute Gasteiger partial charge is 0.407 e. The Morgan fingerprint density at radius 2 is 1.84 bits per heavy atom. The van der Waals surface area contributed by atoms with E-state index in [0.717, 1.165) is 53.7 Å². The van der Waals surface area contributed by atoms with E-state index in [4.69, 9.17) is 21.3 Å². The van der Waals surface area contributed by atoms with Crippen molar-refractivity contribution in [3.63, 3.8) is 0 Å². The molecule has 44 heavy (non-hydrogen) atoms. The minimum Gasteiger partial charge on any atom is -0.444 e. The van der Waals surface area contributed by atoms with Crippen LogP contribution in [-0.4, -0.2) is 74.5 Å². The molecule has 2 saturated heterocycles. The van der Waals surface area contributed by atoms with E-state index in [1.54, 1.807) is 24.0 Å².